The van der Waals surface area contributed by atoms with Crippen LogP contribution in [0, 0.1) is 10.8 Å². The van der Waals surface area contributed by atoms with E-state index in [9.17, 15) is 4.79 Å². The minimum atomic E-state index is -0.758. The lowest BCUT2D eigenvalue weighted by atomic mass is 9.48. The maximum atomic E-state index is 12.3. The van der Waals surface area contributed by atoms with E-state index < -0.39 is 5.60 Å². The Bertz CT molecular complexity index is 317. The number of ether oxygens (including phenoxy) is 1. The Morgan fingerprint density at radius 2 is 1.78 bits per heavy atom. The molecule has 18 heavy (non-hydrogen) atoms. The molecule has 4 nitrogen and oxygen atoms in total. The van der Waals surface area contributed by atoms with Gasteiger partial charge < -0.3 is 15.8 Å². The number of rotatable bonds is 4. The van der Waals surface area contributed by atoms with Gasteiger partial charge in [0.05, 0.1) is 0 Å². The molecular weight excluding hydrogens is 228 g/mol. The van der Waals surface area contributed by atoms with E-state index in [0.717, 1.165) is 0 Å². The third-order valence-corrected chi connectivity index (χ3v) is 4.97. The van der Waals surface area contributed by atoms with Crippen molar-refractivity contribution in [1.29, 1.82) is 0 Å². The van der Waals surface area contributed by atoms with Crippen LogP contribution in [0.15, 0.2) is 0 Å². The molecule has 0 radical (unpaired) electrons. The number of nitrogens with one attached hydrogen (secondary N) is 1. The number of carbonyl (C=O) groups excluding carboxylic acids is 1. The molecule has 1 fully saturated rings. The average molecular weight is 256 g/mol. The van der Waals surface area contributed by atoms with Crippen LogP contribution < -0.4 is 11.1 Å². The fourth-order valence-corrected chi connectivity index (χ4v) is 3.23. The lowest BCUT2D eigenvalue weighted by molar-refractivity contribution is -0.151. The average Bonchev–Trinajstić information content (AvgIpc) is 2.32. The zero-order chi connectivity index (χ0) is 14.4. The van der Waals surface area contributed by atoms with Crippen LogP contribution in [0.4, 0.5) is 0 Å². The normalized spacial score (nSPS) is 32.2. The van der Waals surface area contributed by atoms with Crippen molar-refractivity contribution in [1.82, 2.24) is 5.32 Å². The van der Waals surface area contributed by atoms with Gasteiger partial charge in [-0.15, -0.1) is 0 Å². The standard InChI is InChI=1S/C14H28N2O2/c1-8-14(6,18-7)11(17)16-10-12(2,3)9(15)13(10,4)5/h9-10H,8,15H2,1-7H3,(H,16,17). The molecule has 0 heterocycles. The predicted molar refractivity (Wildman–Crippen MR) is 73.2 cm³/mol. The Kier molecular flexibility index (Phi) is 3.86. The number of hydrogen-bond donors (Lipinski definition) is 2. The molecular formula is C14H28N2O2. The van der Waals surface area contributed by atoms with Gasteiger partial charge in [-0.1, -0.05) is 34.6 Å². The van der Waals surface area contributed by atoms with E-state index in [4.69, 9.17) is 10.5 Å². The van der Waals surface area contributed by atoms with Crippen LogP contribution in [0.2, 0.25) is 0 Å². The summed E-state index contributed by atoms with van der Waals surface area (Å²) in [6.07, 6.45) is 0.648. The number of methoxy groups -OCH3 is 1. The van der Waals surface area contributed by atoms with E-state index in [1.165, 1.54) is 0 Å². The molecule has 0 aromatic rings. The molecule has 0 aliphatic heterocycles. The highest BCUT2D eigenvalue weighted by Crippen LogP contribution is 2.52. The molecule has 0 bridgehead atoms. The van der Waals surface area contributed by atoms with Gasteiger partial charge in [0.2, 0.25) is 0 Å². The highest BCUT2D eigenvalue weighted by molar-refractivity contribution is 5.85. The SMILES string of the molecule is CCC(C)(OC)C(=O)NC1C(C)(C)C(N)C1(C)C. The number of nitrogens with two attached hydrogens (primary N) is 1. The van der Waals surface area contributed by atoms with Gasteiger partial charge >= 0.3 is 0 Å². The van der Waals surface area contributed by atoms with Crippen molar-refractivity contribution in [3.8, 4) is 0 Å². The molecule has 0 saturated heterocycles. The first kappa shape index (κ1) is 15.4. The summed E-state index contributed by atoms with van der Waals surface area (Å²) in [5, 5.41) is 3.13. The minimum Gasteiger partial charge on any atom is -0.369 e. The van der Waals surface area contributed by atoms with E-state index in [2.05, 4.69) is 33.0 Å². The van der Waals surface area contributed by atoms with Crippen molar-refractivity contribution in [2.24, 2.45) is 16.6 Å². The maximum Gasteiger partial charge on any atom is 0.252 e. The predicted octanol–water partition coefficient (Wildman–Crippen LogP) is 1.68. The minimum absolute atomic E-state index is 0.0504. The van der Waals surface area contributed by atoms with Crippen LogP contribution >= 0.6 is 0 Å². The van der Waals surface area contributed by atoms with Crippen LogP contribution in [0.25, 0.3) is 0 Å². The van der Waals surface area contributed by atoms with E-state index in [-0.39, 0.29) is 28.8 Å². The topological polar surface area (TPSA) is 64.3 Å². The van der Waals surface area contributed by atoms with Crippen molar-refractivity contribution < 1.29 is 9.53 Å². The lowest BCUT2D eigenvalue weighted by Gasteiger charge is -2.63. The Morgan fingerprint density at radius 1 is 1.33 bits per heavy atom. The molecule has 1 unspecified atom stereocenters. The molecule has 1 amide bonds. The van der Waals surface area contributed by atoms with Crippen molar-refractivity contribution in [3.63, 3.8) is 0 Å². The van der Waals surface area contributed by atoms with Crippen LogP contribution in [-0.2, 0) is 9.53 Å². The summed E-state index contributed by atoms with van der Waals surface area (Å²) in [5.74, 6) is -0.0504. The Labute approximate surface area is 111 Å². The van der Waals surface area contributed by atoms with E-state index >= 15 is 0 Å². The fourth-order valence-electron chi connectivity index (χ4n) is 3.23. The highest BCUT2D eigenvalue weighted by atomic mass is 16.5. The van der Waals surface area contributed by atoms with E-state index in [1.807, 2.05) is 13.8 Å². The summed E-state index contributed by atoms with van der Waals surface area (Å²) >= 11 is 0. The van der Waals surface area contributed by atoms with Gasteiger partial charge in [-0.2, -0.15) is 0 Å². The highest BCUT2D eigenvalue weighted by Gasteiger charge is 2.61. The van der Waals surface area contributed by atoms with Gasteiger partial charge in [0.15, 0.2) is 0 Å². The van der Waals surface area contributed by atoms with Gasteiger partial charge in [-0.3, -0.25) is 4.79 Å². The van der Waals surface area contributed by atoms with Crippen LogP contribution in [0.5, 0.6) is 0 Å². The van der Waals surface area contributed by atoms with Crippen molar-refractivity contribution in [3.05, 3.63) is 0 Å². The van der Waals surface area contributed by atoms with Crippen LogP contribution in [0.3, 0.4) is 0 Å². The summed E-state index contributed by atoms with van der Waals surface area (Å²) in [6.45, 7) is 12.2. The first-order chi connectivity index (χ1) is 8.04. The van der Waals surface area contributed by atoms with Gasteiger partial charge in [0, 0.05) is 30.0 Å². The first-order valence-corrected chi connectivity index (χ1v) is 6.65. The quantitative estimate of drug-likeness (QED) is 0.804. The monoisotopic (exact) mass is 256 g/mol. The smallest absolute Gasteiger partial charge is 0.252 e. The number of carbonyl (C=O) groups is 1. The number of amides is 1. The zero-order valence-corrected chi connectivity index (χ0v) is 12.8. The molecule has 1 rings (SSSR count). The maximum absolute atomic E-state index is 12.3. The molecule has 4 heteroatoms. The van der Waals surface area contributed by atoms with E-state index in [0.29, 0.717) is 6.42 Å². The molecule has 0 aromatic heterocycles. The zero-order valence-electron chi connectivity index (χ0n) is 12.8. The van der Waals surface area contributed by atoms with Gasteiger partial charge in [0.1, 0.15) is 5.60 Å². The first-order valence-electron chi connectivity index (χ1n) is 6.65. The summed E-state index contributed by atoms with van der Waals surface area (Å²) in [4.78, 5) is 12.3. The van der Waals surface area contributed by atoms with Crippen molar-refractivity contribution in [2.75, 3.05) is 7.11 Å². The van der Waals surface area contributed by atoms with Crippen molar-refractivity contribution in [2.45, 2.75) is 65.6 Å². The summed E-state index contributed by atoms with van der Waals surface area (Å²) in [5.41, 5.74) is 5.27. The summed E-state index contributed by atoms with van der Waals surface area (Å²) in [6, 6.07) is 0.166. The lowest BCUT2D eigenvalue weighted by Crippen LogP contribution is -2.77. The molecule has 0 spiro atoms. The summed E-state index contributed by atoms with van der Waals surface area (Å²) in [7, 11) is 1.58. The Morgan fingerprint density at radius 3 is 2.11 bits per heavy atom. The Hall–Kier alpha value is -0.610. The van der Waals surface area contributed by atoms with E-state index in [1.54, 1.807) is 7.11 Å². The molecule has 0 aromatic carbocycles. The fraction of sp³-hybridized carbons (Fsp3) is 0.929. The molecule has 1 saturated carbocycles. The Balaban J connectivity index is 2.83. The second-order valence-electron chi connectivity index (χ2n) is 6.82. The molecule has 1 aliphatic rings. The second-order valence-corrected chi connectivity index (χ2v) is 6.82. The molecule has 106 valence electrons. The summed E-state index contributed by atoms with van der Waals surface area (Å²) < 4.78 is 5.34. The van der Waals surface area contributed by atoms with Gasteiger partial charge in [-0.25, -0.2) is 0 Å². The largest absolute Gasteiger partial charge is 0.369 e. The third kappa shape index (κ3) is 2.05. The van der Waals surface area contributed by atoms with Gasteiger partial charge in [0.25, 0.3) is 5.91 Å². The van der Waals surface area contributed by atoms with Gasteiger partial charge in [-0.05, 0) is 13.3 Å². The molecule has 1 atom stereocenters. The van der Waals surface area contributed by atoms with Crippen LogP contribution in [-0.4, -0.2) is 30.7 Å². The molecule has 3 N–H and O–H groups in total. The van der Waals surface area contributed by atoms with Crippen LogP contribution in [0.1, 0.15) is 48.0 Å². The molecule has 1 aliphatic carbocycles. The number of hydrogen-bond acceptors (Lipinski definition) is 3. The van der Waals surface area contributed by atoms with Crippen molar-refractivity contribution >= 4 is 5.91 Å². The second kappa shape index (κ2) is 4.49. The third-order valence-electron chi connectivity index (χ3n) is 4.97.